The standard InChI is InChI=1S/C28H30N2O3/c1-30(20-18-26(31)33-25-15-9-4-10-16-25)19-17-24(21-30)28(27(29)32,22-11-5-2-6-12-22)23-13-7-3-8-14-23/h2-16,24H,17-21H2,1H3,(H-,29,32)/p+1/t24-,30?/m1/s1. The molecule has 5 nitrogen and oxygen atoms in total. The number of para-hydroxylation sites is 1. The summed E-state index contributed by atoms with van der Waals surface area (Å²) in [7, 11) is 2.15. The number of esters is 1. The molecule has 0 saturated carbocycles. The number of nitrogens with zero attached hydrogens (tertiary/aromatic N) is 1. The Morgan fingerprint density at radius 2 is 1.42 bits per heavy atom. The van der Waals surface area contributed by atoms with Crippen molar-refractivity contribution in [1.29, 1.82) is 0 Å². The molecule has 0 bridgehead atoms. The predicted octanol–water partition coefficient (Wildman–Crippen LogP) is 3.92. The average Bonchev–Trinajstić information content (AvgIpc) is 3.22. The summed E-state index contributed by atoms with van der Waals surface area (Å²) in [5.41, 5.74) is 7.12. The van der Waals surface area contributed by atoms with E-state index in [0.717, 1.165) is 30.6 Å². The average molecular weight is 444 g/mol. The van der Waals surface area contributed by atoms with Gasteiger partial charge in [0.25, 0.3) is 0 Å². The van der Waals surface area contributed by atoms with Crippen LogP contribution in [0.25, 0.3) is 0 Å². The number of likely N-dealkylation sites (tertiary alicyclic amines) is 1. The van der Waals surface area contributed by atoms with Gasteiger partial charge < -0.3 is 15.0 Å². The molecule has 0 spiro atoms. The van der Waals surface area contributed by atoms with E-state index in [1.807, 2.05) is 78.9 Å². The zero-order valence-electron chi connectivity index (χ0n) is 19.0. The Labute approximate surface area is 195 Å². The number of rotatable bonds is 8. The fourth-order valence-corrected chi connectivity index (χ4v) is 5.30. The Kier molecular flexibility index (Phi) is 6.61. The van der Waals surface area contributed by atoms with E-state index in [1.165, 1.54) is 0 Å². The van der Waals surface area contributed by atoms with E-state index in [-0.39, 0.29) is 17.8 Å². The van der Waals surface area contributed by atoms with Gasteiger partial charge in [0.15, 0.2) is 0 Å². The van der Waals surface area contributed by atoms with Crippen molar-refractivity contribution in [3.63, 3.8) is 0 Å². The number of carbonyl (C=O) groups excluding carboxylic acids is 2. The summed E-state index contributed by atoms with van der Waals surface area (Å²) in [6, 6.07) is 28.9. The summed E-state index contributed by atoms with van der Waals surface area (Å²) in [5.74, 6) is 0.0124. The molecule has 1 amide bonds. The van der Waals surface area contributed by atoms with Crippen LogP contribution in [0.2, 0.25) is 0 Å². The summed E-state index contributed by atoms with van der Waals surface area (Å²) in [4.78, 5) is 25.7. The molecule has 2 N–H and O–H groups in total. The maximum Gasteiger partial charge on any atom is 0.316 e. The third kappa shape index (κ3) is 4.69. The van der Waals surface area contributed by atoms with Crippen molar-refractivity contribution >= 4 is 11.9 Å². The van der Waals surface area contributed by atoms with Crippen molar-refractivity contribution in [2.75, 3.05) is 26.7 Å². The molecule has 1 unspecified atom stereocenters. The van der Waals surface area contributed by atoms with Gasteiger partial charge in [-0.15, -0.1) is 0 Å². The van der Waals surface area contributed by atoms with E-state index >= 15 is 0 Å². The second-order valence-electron chi connectivity index (χ2n) is 9.18. The van der Waals surface area contributed by atoms with Crippen molar-refractivity contribution in [1.82, 2.24) is 0 Å². The quantitative estimate of drug-likeness (QED) is 0.326. The molecule has 4 rings (SSSR count). The van der Waals surface area contributed by atoms with Crippen LogP contribution in [0.3, 0.4) is 0 Å². The Morgan fingerprint density at radius 1 is 0.909 bits per heavy atom. The number of hydrogen-bond donors (Lipinski definition) is 1. The largest absolute Gasteiger partial charge is 0.426 e. The number of nitrogens with two attached hydrogens (primary N) is 1. The maximum atomic E-state index is 13.2. The molecule has 2 atom stereocenters. The van der Waals surface area contributed by atoms with Crippen LogP contribution in [0.1, 0.15) is 24.0 Å². The van der Waals surface area contributed by atoms with Gasteiger partial charge in [-0.2, -0.15) is 0 Å². The van der Waals surface area contributed by atoms with Gasteiger partial charge in [-0.3, -0.25) is 9.59 Å². The highest BCUT2D eigenvalue weighted by molar-refractivity contribution is 5.91. The molecule has 3 aromatic carbocycles. The molecule has 0 aromatic heterocycles. The van der Waals surface area contributed by atoms with Crippen LogP contribution in [0, 0.1) is 5.92 Å². The summed E-state index contributed by atoms with van der Waals surface area (Å²) in [5, 5.41) is 0. The minimum atomic E-state index is -0.914. The van der Waals surface area contributed by atoms with Gasteiger partial charge in [-0.1, -0.05) is 78.9 Å². The van der Waals surface area contributed by atoms with Gasteiger partial charge >= 0.3 is 5.97 Å². The zero-order valence-corrected chi connectivity index (χ0v) is 19.0. The van der Waals surface area contributed by atoms with Crippen LogP contribution >= 0.6 is 0 Å². The molecular formula is C28H31N2O3+. The zero-order chi connectivity index (χ0) is 23.3. The smallest absolute Gasteiger partial charge is 0.316 e. The lowest BCUT2D eigenvalue weighted by atomic mass is 9.64. The predicted molar refractivity (Wildman–Crippen MR) is 128 cm³/mol. The second-order valence-corrected chi connectivity index (χ2v) is 9.18. The Bertz CT molecular complexity index is 1050. The monoisotopic (exact) mass is 443 g/mol. The Balaban J connectivity index is 1.56. The number of ether oxygens (including phenoxy) is 1. The number of carbonyl (C=O) groups is 2. The molecule has 1 aliphatic rings. The fourth-order valence-electron chi connectivity index (χ4n) is 5.30. The van der Waals surface area contributed by atoms with E-state index in [1.54, 1.807) is 12.1 Å². The van der Waals surface area contributed by atoms with Gasteiger partial charge in [-0.25, -0.2) is 0 Å². The first kappa shape index (κ1) is 22.7. The molecule has 0 radical (unpaired) electrons. The molecule has 1 fully saturated rings. The second kappa shape index (κ2) is 9.59. The topological polar surface area (TPSA) is 69.4 Å². The number of amides is 1. The van der Waals surface area contributed by atoms with Crippen LogP contribution < -0.4 is 10.5 Å². The summed E-state index contributed by atoms with van der Waals surface area (Å²) >= 11 is 0. The summed E-state index contributed by atoms with van der Waals surface area (Å²) in [6.07, 6.45) is 1.16. The highest BCUT2D eigenvalue weighted by Gasteiger charge is 2.53. The number of hydrogen-bond acceptors (Lipinski definition) is 3. The maximum absolute atomic E-state index is 13.2. The Hall–Kier alpha value is -3.44. The lowest BCUT2D eigenvalue weighted by Gasteiger charge is -2.38. The van der Waals surface area contributed by atoms with Crippen molar-refractivity contribution < 1.29 is 18.8 Å². The van der Waals surface area contributed by atoms with E-state index in [2.05, 4.69) is 7.05 Å². The van der Waals surface area contributed by atoms with E-state index < -0.39 is 5.41 Å². The van der Waals surface area contributed by atoms with Crippen LogP contribution in [0.4, 0.5) is 0 Å². The van der Waals surface area contributed by atoms with Crippen molar-refractivity contribution in [2.45, 2.75) is 18.3 Å². The van der Waals surface area contributed by atoms with E-state index in [0.29, 0.717) is 23.2 Å². The normalized spacial score (nSPS) is 20.3. The molecule has 3 aromatic rings. The lowest BCUT2D eigenvalue weighted by molar-refractivity contribution is -0.898. The Morgan fingerprint density at radius 3 is 1.94 bits per heavy atom. The van der Waals surface area contributed by atoms with Crippen LogP contribution in [-0.4, -0.2) is 43.0 Å². The highest BCUT2D eigenvalue weighted by atomic mass is 16.5. The first-order valence-corrected chi connectivity index (χ1v) is 11.4. The number of primary amides is 1. The summed E-state index contributed by atoms with van der Waals surface area (Å²) < 4.78 is 6.16. The molecule has 1 aliphatic heterocycles. The van der Waals surface area contributed by atoms with Crippen LogP contribution in [0.5, 0.6) is 5.75 Å². The first-order valence-electron chi connectivity index (χ1n) is 11.4. The van der Waals surface area contributed by atoms with Crippen molar-refractivity contribution in [3.8, 4) is 5.75 Å². The van der Waals surface area contributed by atoms with Gasteiger partial charge in [0.2, 0.25) is 5.91 Å². The van der Waals surface area contributed by atoms with Gasteiger partial charge in [0.1, 0.15) is 11.2 Å². The van der Waals surface area contributed by atoms with Crippen molar-refractivity contribution in [2.24, 2.45) is 11.7 Å². The summed E-state index contributed by atoms with van der Waals surface area (Å²) in [6.45, 7) is 2.28. The third-order valence-corrected chi connectivity index (χ3v) is 6.97. The molecule has 1 heterocycles. The first-order chi connectivity index (χ1) is 15.9. The molecule has 0 aliphatic carbocycles. The van der Waals surface area contributed by atoms with Crippen molar-refractivity contribution in [3.05, 3.63) is 102 Å². The lowest BCUT2D eigenvalue weighted by Crippen LogP contribution is -2.51. The van der Waals surface area contributed by atoms with Gasteiger partial charge in [0.05, 0.1) is 33.1 Å². The SMILES string of the molecule is C[N+]1(CCC(=O)Oc2ccccc2)CC[C@@H](C(C(N)=O)(c2ccccc2)c2ccccc2)C1. The van der Waals surface area contributed by atoms with E-state index in [9.17, 15) is 9.59 Å². The number of quaternary nitrogens is 1. The minimum Gasteiger partial charge on any atom is -0.426 e. The molecule has 170 valence electrons. The van der Waals surface area contributed by atoms with E-state index in [4.69, 9.17) is 10.5 Å². The number of benzene rings is 3. The molecule has 33 heavy (non-hydrogen) atoms. The van der Waals surface area contributed by atoms with Crippen LogP contribution in [-0.2, 0) is 15.0 Å². The molecule has 1 saturated heterocycles. The van der Waals surface area contributed by atoms with Gasteiger partial charge in [0, 0.05) is 12.3 Å². The minimum absolute atomic E-state index is 0.0231. The molecular weight excluding hydrogens is 412 g/mol. The highest BCUT2D eigenvalue weighted by Crippen LogP contribution is 2.45. The molecule has 5 heteroatoms. The third-order valence-electron chi connectivity index (χ3n) is 6.97. The van der Waals surface area contributed by atoms with Gasteiger partial charge in [-0.05, 0) is 23.3 Å². The fraction of sp³-hybridized carbons (Fsp3) is 0.286. The van der Waals surface area contributed by atoms with Crippen LogP contribution in [0.15, 0.2) is 91.0 Å².